The fraction of sp³-hybridized carbons (Fsp3) is 0.276. The van der Waals surface area contributed by atoms with Crippen LogP contribution in [-0.4, -0.2) is 30.6 Å². The molecule has 0 radical (unpaired) electrons. The zero-order chi connectivity index (χ0) is 24.3. The van der Waals surface area contributed by atoms with E-state index in [2.05, 4.69) is 51.9 Å². The first-order valence-electron chi connectivity index (χ1n) is 12.0. The molecule has 0 unspecified atom stereocenters. The van der Waals surface area contributed by atoms with Gasteiger partial charge in [0.2, 0.25) is 5.91 Å². The molecule has 0 aromatic heterocycles. The van der Waals surface area contributed by atoms with Gasteiger partial charge in [0.15, 0.2) is 0 Å². The van der Waals surface area contributed by atoms with Crippen LogP contribution >= 0.6 is 0 Å². The Balaban J connectivity index is 1.49. The Bertz CT molecular complexity index is 1100. The molecular weight excluding hydrogens is 438 g/mol. The lowest BCUT2D eigenvalue weighted by atomic mass is 9.97. The minimum absolute atomic E-state index is 0.0539. The molecule has 0 aliphatic carbocycles. The van der Waals surface area contributed by atoms with E-state index in [1.54, 1.807) is 6.92 Å². The fourth-order valence-electron chi connectivity index (χ4n) is 4.12. The van der Waals surface area contributed by atoms with Gasteiger partial charge in [-0.05, 0) is 40.8 Å². The van der Waals surface area contributed by atoms with Gasteiger partial charge in [-0.3, -0.25) is 4.79 Å². The lowest BCUT2D eigenvalue weighted by Gasteiger charge is -2.26. The monoisotopic (exact) mass is 471 g/mol. The number of benzene rings is 3. The van der Waals surface area contributed by atoms with Crippen molar-refractivity contribution in [3.63, 3.8) is 0 Å². The molecule has 0 bridgehead atoms. The van der Waals surface area contributed by atoms with Crippen molar-refractivity contribution >= 4 is 5.91 Å². The number of rotatable bonds is 12. The Labute approximate surface area is 207 Å². The van der Waals surface area contributed by atoms with Crippen LogP contribution in [-0.2, 0) is 29.2 Å². The Hall–Kier alpha value is -3.77. The van der Waals surface area contributed by atoms with Crippen LogP contribution in [0.3, 0.4) is 0 Å². The van der Waals surface area contributed by atoms with Gasteiger partial charge in [-0.25, -0.2) is 0 Å². The summed E-state index contributed by atoms with van der Waals surface area (Å²) in [5, 5.41) is 6.32. The average Bonchev–Trinajstić information content (AvgIpc) is 3.39. The fourth-order valence-corrected chi connectivity index (χ4v) is 4.12. The minimum atomic E-state index is -0.149. The molecule has 6 nitrogen and oxygen atoms in total. The van der Waals surface area contributed by atoms with Gasteiger partial charge < -0.3 is 25.0 Å². The predicted molar refractivity (Wildman–Crippen MR) is 137 cm³/mol. The number of carbonyl (C=O) groups excluding carboxylic acids is 1. The first-order valence-corrected chi connectivity index (χ1v) is 12.0. The van der Waals surface area contributed by atoms with Gasteiger partial charge in [-0.15, -0.1) is 0 Å². The van der Waals surface area contributed by atoms with Crippen LogP contribution in [0, 0.1) is 0 Å². The second-order valence-corrected chi connectivity index (χ2v) is 8.63. The van der Waals surface area contributed by atoms with Crippen molar-refractivity contribution in [1.82, 2.24) is 15.5 Å². The standard InChI is InChI=1S/C29H33N3O3/c1-23(33)31-29(19-32-16-15-30-22-32)28-13-12-27(35-21-25-10-6-3-7-11-25)18-26(28)14-17-34-20-24-8-4-2-5-9-24/h2-13,15-16,18,29-30H,14,17,19-22H2,1H3,(H,31,33)/t29-/m1/s1. The summed E-state index contributed by atoms with van der Waals surface area (Å²) in [6, 6.07) is 26.3. The summed E-state index contributed by atoms with van der Waals surface area (Å²) < 4.78 is 12.1. The number of hydrogen-bond donors (Lipinski definition) is 2. The highest BCUT2D eigenvalue weighted by atomic mass is 16.5. The van der Waals surface area contributed by atoms with Crippen LogP contribution in [0.2, 0.25) is 0 Å². The average molecular weight is 472 g/mol. The lowest BCUT2D eigenvalue weighted by Crippen LogP contribution is -2.36. The Morgan fingerprint density at radius 3 is 2.37 bits per heavy atom. The molecule has 2 N–H and O–H groups in total. The van der Waals surface area contributed by atoms with Crippen molar-refractivity contribution in [3.8, 4) is 5.75 Å². The Morgan fingerprint density at radius 1 is 1.00 bits per heavy atom. The zero-order valence-corrected chi connectivity index (χ0v) is 20.2. The van der Waals surface area contributed by atoms with Gasteiger partial charge >= 0.3 is 0 Å². The summed E-state index contributed by atoms with van der Waals surface area (Å²) in [5.41, 5.74) is 4.46. The van der Waals surface area contributed by atoms with E-state index in [1.165, 1.54) is 0 Å². The minimum Gasteiger partial charge on any atom is -0.489 e. The van der Waals surface area contributed by atoms with E-state index in [-0.39, 0.29) is 11.9 Å². The SMILES string of the molecule is CC(=O)N[C@H](CN1C=CNC1)c1ccc(OCc2ccccc2)cc1CCOCc1ccccc1. The molecule has 0 fully saturated rings. The van der Waals surface area contributed by atoms with E-state index in [0.717, 1.165) is 41.1 Å². The molecule has 1 amide bonds. The molecule has 1 atom stereocenters. The third-order valence-corrected chi connectivity index (χ3v) is 5.86. The number of hydrogen-bond acceptors (Lipinski definition) is 5. The molecule has 182 valence electrons. The smallest absolute Gasteiger partial charge is 0.217 e. The summed E-state index contributed by atoms with van der Waals surface area (Å²) in [7, 11) is 0. The van der Waals surface area contributed by atoms with Crippen molar-refractivity contribution < 1.29 is 14.3 Å². The molecule has 1 aliphatic rings. The summed E-state index contributed by atoms with van der Waals surface area (Å²) in [4.78, 5) is 14.2. The van der Waals surface area contributed by atoms with Gasteiger partial charge in [-0.2, -0.15) is 0 Å². The van der Waals surface area contributed by atoms with Crippen LogP contribution < -0.4 is 15.4 Å². The molecule has 6 heteroatoms. The topological polar surface area (TPSA) is 62.8 Å². The third kappa shape index (κ3) is 7.62. The maximum absolute atomic E-state index is 12.0. The van der Waals surface area contributed by atoms with Crippen molar-refractivity contribution in [1.29, 1.82) is 0 Å². The van der Waals surface area contributed by atoms with Crippen LogP contribution in [0.4, 0.5) is 0 Å². The van der Waals surface area contributed by atoms with Gasteiger partial charge in [0, 0.05) is 25.9 Å². The number of nitrogens with one attached hydrogen (secondary N) is 2. The highest BCUT2D eigenvalue weighted by Gasteiger charge is 2.20. The van der Waals surface area contributed by atoms with Crippen molar-refractivity contribution in [3.05, 3.63) is 114 Å². The van der Waals surface area contributed by atoms with Crippen molar-refractivity contribution in [2.75, 3.05) is 19.8 Å². The van der Waals surface area contributed by atoms with Crippen LogP contribution in [0.1, 0.15) is 35.2 Å². The Kier molecular flexibility index (Phi) is 8.79. The first kappa shape index (κ1) is 24.4. The molecule has 35 heavy (non-hydrogen) atoms. The quantitative estimate of drug-likeness (QED) is 0.380. The van der Waals surface area contributed by atoms with E-state index in [0.29, 0.717) is 26.4 Å². The van der Waals surface area contributed by atoms with E-state index >= 15 is 0 Å². The second kappa shape index (κ2) is 12.6. The highest BCUT2D eigenvalue weighted by Crippen LogP contribution is 2.26. The molecule has 0 saturated carbocycles. The van der Waals surface area contributed by atoms with E-state index in [9.17, 15) is 4.79 Å². The van der Waals surface area contributed by atoms with E-state index in [4.69, 9.17) is 9.47 Å². The maximum Gasteiger partial charge on any atom is 0.217 e. The Morgan fingerprint density at radius 2 is 1.71 bits per heavy atom. The highest BCUT2D eigenvalue weighted by molar-refractivity contribution is 5.73. The molecule has 1 heterocycles. The van der Waals surface area contributed by atoms with Crippen molar-refractivity contribution in [2.45, 2.75) is 32.6 Å². The first-order chi connectivity index (χ1) is 17.2. The molecule has 1 aliphatic heterocycles. The van der Waals surface area contributed by atoms with E-state index < -0.39 is 0 Å². The van der Waals surface area contributed by atoms with Crippen LogP contribution in [0.25, 0.3) is 0 Å². The van der Waals surface area contributed by atoms with Gasteiger partial charge in [0.1, 0.15) is 12.4 Å². The number of ether oxygens (including phenoxy) is 2. The van der Waals surface area contributed by atoms with Crippen LogP contribution in [0.15, 0.2) is 91.3 Å². The van der Waals surface area contributed by atoms with Gasteiger partial charge in [-0.1, -0.05) is 66.7 Å². The maximum atomic E-state index is 12.0. The van der Waals surface area contributed by atoms with Gasteiger partial charge in [0.05, 0.1) is 25.9 Å². The summed E-state index contributed by atoms with van der Waals surface area (Å²) in [6.45, 7) is 4.60. The number of carbonyl (C=O) groups is 1. The second-order valence-electron chi connectivity index (χ2n) is 8.63. The molecule has 0 spiro atoms. The predicted octanol–water partition coefficient (Wildman–Crippen LogP) is 4.54. The summed E-state index contributed by atoms with van der Waals surface area (Å²) in [6.07, 6.45) is 4.65. The lowest BCUT2D eigenvalue weighted by molar-refractivity contribution is -0.119. The van der Waals surface area contributed by atoms with Crippen LogP contribution in [0.5, 0.6) is 5.75 Å². The number of amides is 1. The molecule has 0 saturated heterocycles. The van der Waals surface area contributed by atoms with Gasteiger partial charge in [0.25, 0.3) is 0 Å². The largest absolute Gasteiger partial charge is 0.489 e. The molecule has 3 aromatic rings. The number of nitrogens with zero attached hydrogens (tertiary/aromatic N) is 1. The van der Waals surface area contributed by atoms with E-state index in [1.807, 2.05) is 54.9 Å². The zero-order valence-electron chi connectivity index (χ0n) is 20.2. The third-order valence-electron chi connectivity index (χ3n) is 5.86. The summed E-state index contributed by atoms with van der Waals surface area (Å²) in [5.74, 6) is 0.752. The van der Waals surface area contributed by atoms with Crippen molar-refractivity contribution in [2.24, 2.45) is 0 Å². The molecule has 4 rings (SSSR count). The summed E-state index contributed by atoms with van der Waals surface area (Å²) >= 11 is 0. The molecule has 3 aromatic carbocycles. The molecular formula is C29H33N3O3. The normalized spacial score (nSPS) is 13.3.